The number of hydrogen-bond acceptors (Lipinski definition) is 4. The van der Waals surface area contributed by atoms with Gasteiger partial charge in [0.25, 0.3) is 0 Å². The van der Waals surface area contributed by atoms with Crippen LogP contribution in [0.4, 0.5) is 0 Å². The highest BCUT2D eigenvalue weighted by atomic mass is 35.5. The monoisotopic (exact) mass is 208 g/mol. The average Bonchev–Trinajstić information content (AvgIpc) is 2.09. The summed E-state index contributed by atoms with van der Waals surface area (Å²) in [6.07, 6.45) is 0.687. The van der Waals surface area contributed by atoms with E-state index >= 15 is 0 Å². The Hall–Kier alpha value is -0.410. The van der Waals surface area contributed by atoms with Crippen LogP contribution in [0.25, 0.3) is 0 Å². The van der Waals surface area contributed by atoms with Crippen LogP contribution in [0.1, 0.15) is 20.3 Å². The number of aliphatic imine (C=N–C) groups is 1. The average molecular weight is 209 g/mol. The fourth-order valence-electron chi connectivity index (χ4n) is 1.20. The summed E-state index contributed by atoms with van der Waals surface area (Å²) < 4.78 is 10.4. The second kappa shape index (κ2) is 7.04. The van der Waals surface area contributed by atoms with Gasteiger partial charge in [0.05, 0.1) is 6.01 Å². The van der Waals surface area contributed by atoms with Crippen LogP contribution in [0.2, 0.25) is 0 Å². The van der Waals surface area contributed by atoms with Gasteiger partial charge in [-0.1, -0.05) is 6.92 Å². The number of hydrogen-bond donors (Lipinski definition) is 1. The number of ether oxygens (including phenoxy) is 2. The molecule has 0 heterocycles. The highest BCUT2D eigenvalue weighted by molar-refractivity contribution is 5.85. The van der Waals surface area contributed by atoms with Crippen molar-refractivity contribution in [2.45, 2.75) is 32.1 Å². The first-order chi connectivity index (χ1) is 5.66. The molecule has 0 fully saturated rings. The quantitative estimate of drug-likeness (QED) is 0.555. The van der Waals surface area contributed by atoms with Crippen LogP contribution in [0.3, 0.4) is 0 Å². The summed E-state index contributed by atoms with van der Waals surface area (Å²) in [5.41, 5.74) is 0. The highest BCUT2D eigenvalue weighted by Crippen LogP contribution is 2.22. The van der Waals surface area contributed by atoms with E-state index in [2.05, 4.69) is 4.99 Å². The maximum atomic E-state index is 6.71. The van der Waals surface area contributed by atoms with E-state index in [0.29, 0.717) is 6.42 Å². The Bertz CT molecular complexity index is 169. The lowest BCUT2D eigenvalue weighted by molar-refractivity contribution is -0.217. The van der Waals surface area contributed by atoms with Gasteiger partial charge in [-0.25, -0.2) is 10.4 Å². The van der Waals surface area contributed by atoms with E-state index in [1.807, 2.05) is 19.9 Å². The molecule has 0 saturated carbocycles. The SMILES string of the molecule is CCC(OC)(OC)C(C)N=C=N.Cl. The van der Waals surface area contributed by atoms with Gasteiger partial charge in [-0.05, 0) is 6.92 Å². The molecule has 0 radical (unpaired) electrons. The van der Waals surface area contributed by atoms with Crippen molar-refractivity contribution in [1.29, 1.82) is 5.41 Å². The first-order valence-corrected chi connectivity index (χ1v) is 3.88. The summed E-state index contributed by atoms with van der Waals surface area (Å²) in [5.74, 6) is -0.714. The fraction of sp³-hybridized carbons (Fsp3) is 0.875. The molecule has 5 heteroatoms. The molecule has 0 bridgehead atoms. The van der Waals surface area contributed by atoms with Crippen LogP contribution in [-0.4, -0.2) is 32.1 Å². The molecule has 78 valence electrons. The van der Waals surface area contributed by atoms with E-state index in [1.54, 1.807) is 14.2 Å². The third-order valence-corrected chi connectivity index (χ3v) is 2.08. The third kappa shape index (κ3) is 3.44. The summed E-state index contributed by atoms with van der Waals surface area (Å²) in [6.45, 7) is 3.78. The van der Waals surface area contributed by atoms with Crippen LogP contribution in [0, 0.1) is 5.41 Å². The smallest absolute Gasteiger partial charge is 0.190 e. The van der Waals surface area contributed by atoms with Crippen LogP contribution in [0.15, 0.2) is 4.99 Å². The molecule has 0 aromatic carbocycles. The largest absolute Gasteiger partial charge is 0.351 e. The van der Waals surface area contributed by atoms with E-state index in [4.69, 9.17) is 14.9 Å². The van der Waals surface area contributed by atoms with E-state index in [1.165, 1.54) is 0 Å². The van der Waals surface area contributed by atoms with Crippen molar-refractivity contribution in [3.63, 3.8) is 0 Å². The summed E-state index contributed by atoms with van der Waals surface area (Å²) in [7, 11) is 3.14. The Morgan fingerprint density at radius 1 is 1.46 bits per heavy atom. The maximum Gasteiger partial charge on any atom is 0.190 e. The molecule has 0 spiro atoms. The van der Waals surface area contributed by atoms with Gasteiger partial charge in [-0.15, -0.1) is 12.4 Å². The van der Waals surface area contributed by atoms with Crippen LogP contribution < -0.4 is 0 Å². The van der Waals surface area contributed by atoms with Gasteiger partial charge < -0.3 is 9.47 Å². The predicted octanol–water partition coefficient (Wildman–Crippen LogP) is 1.95. The van der Waals surface area contributed by atoms with Gasteiger partial charge >= 0.3 is 0 Å². The van der Waals surface area contributed by atoms with Gasteiger partial charge in [-0.2, -0.15) is 0 Å². The lowest BCUT2D eigenvalue weighted by Gasteiger charge is -2.32. The molecule has 4 nitrogen and oxygen atoms in total. The lowest BCUT2D eigenvalue weighted by Crippen LogP contribution is -2.42. The van der Waals surface area contributed by atoms with Gasteiger partial charge in [-0.3, -0.25) is 0 Å². The number of halogens is 1. The lowest BCUT2D eigenvalue weighted by atomic mass is 10.1. The molecule has 1 unspecified atom stereocenters. The van der Waals surface area contributed by atoms with Crippen molar-refractivity contribution in [1.82, 2.24) is 0 Å². The Morgan fingerprint density at radius 3 is 2.15 bits per heavy atom. The van der Waals surface area contributed by atoms with Crippen LogP contribution >= 0.6 is 12.4 Å². The molecule has 0 saturated heterocycles. The second-order valence-corrected chi connectivity index (χ2v) is 2.49. The molecule has 0 aliphatic carbocycles. The molecular weight excluding hydrogens is 192 g/mol. The van der Waals surface area contributed by atoms with Gasteiger partial charge in [0.2, 0.25) is 0 Å². The van der Waals surface area contributed by atoms with Crippen molar-refractivity contribution in [2.24, 2.45) is 4.99 Å². The second-order valence-electron chi connectivity index (χ2n) is 2.49. The number of methoxy groups -OCH3 is 2. The van der Waals surface area contributed by atoms with E-state index < -0.39 is 5.79 Å². The topological polar surface area (TPSA) is 54.7 Å². The van der Waals surface area contributed by atoms with Gasteiger partial charge in [0.1, 0.15) is 6.04 Å². The highest BCUT2D eigenvalue weighted by Gasteiger charge is 2.34. The first-order valence-electron chi connectivity index (χ1n) is 3.88. The standard InChI is InChI=1S/C8H16N2O2.ClH/c1-5-8(11-3,12-4)7(2)10-6-9;/h7,9H,5H2,1-4H3;1H. The summed E-state index contributed by atoms with van der Waals surface area (Å²) in [6, 6.07) is 1.78. The molecule has 0 aliphatic rings. The summed E-state index contributed by atoms with van der Waals surface area (Å²) >= 11 is 0. The molecule has 0 aliphatic heterocycles. The van der Waals surface area contributed by atoms with Crippen molar-refractivity contribution in [2.75, 3.05) is 14.2 Å². The van der Waals surface area contributed by atoms with Crippen LogP contribution in [0.5, 0.6) is 0 Å². The Balaban J connectivity index is 0. The van der Waals surface area contributed by atoms with Gasteiger partial charge in [0, 0.05) is 20.6 Å². The minimum absolute atomic E-state index is 0. The predicted molar refractivity (Wildman–Crippen MR) is 53.9 cm³/mol. The van der Waals surface area contributed by atoms with Crippen molar-refractivity contribution in [3.8, 4) is 0 Å². The third-order valence-electron chi connectivity index (χ3n) is 2.08. The minimum Gasteiger partial charge on any atom is -0.351 e. The van der Waals surface area contributed by atoms with Crippen LogP contribution in [-0.2, 0) is 9.47 Å². The minimum atomic E-state index is -0.714. The number of nitrogens with one attached hydrogen (secondary N) is 1. The molecule has 1 N–H and O–H groups in total. The Labute approximate surface area is 85.3 Å². The molecule has 1 atom stereocenters. The zero-order valence-corrected chi connectivity index (χ0v) is 9.27. The van der Waals surface area contributed by atoms with Crippen molar-refractivity contribution >= 4 is 18.4 Å². The Morgan fingerprint density at radius 2 is 1.92 bits per heavy atom. The molecule has 0 rings (SSSR count). The molecule has 0 amide bonds. The van der Waals surface area contributed by atoms with E-state index in [9.17, 15) is 0 Å². The molecule has 0 aromatic heterocycles. The molecule has 13 heavy (non-hydrogen) atoms. The summed E-state index contributed by atoms with van der Waals surface area (Å²) in [4.78, 5) is 3.78. The number of nitrogens with zero attached hydrogens (tertiary/aromatic N) is 1. The first kappa shape index (κ1) is 15.1. The van der Waals surface area contributed by atoms with Crippen molar-refractivity contribution < 1.29 is 9.47 Å². The van der Waals surface area contributed by atoms with Gasteiger partial charge in [0.15, 0.2) is 5.79 Å². The van der Waals surface area contributed by atoms with E-state index in [0.717, 1.165) is 0 Å². The normalized spacial score (nSPS) is 12.6. The fourth-order valence-corrected chi connectivity index (χ4v) is 1.20. The van der Waals surface area contributed by atoms with Crippen molar-refractivity contribution in [3.05, 3.63) is 0 Å². The number of rotatable bonds is 5. The zero-order valence-electron chi connectivity index (χ0n) is 8.46. The zero-order chi connectivity index (χ0) is 9.61. The van der Waals surface area contributed by atoms with E-state index in [-0.39, 0.29) is 18.4 Å². The Kier molecular flexibility index (Phi) is 8.16. The molecular formula is C8H17ClN2O2. The maximum absolute atomic E-state index is 6.71. The summed E-state index contributed by atoms with van der Waals surface area (Å²) in [5, 5.41) is 6.71. The molecule has 0 aromatic rings.